The Morgan fingerprint density at radius 1 is 0.257 bits per heavy atom. The third-order valence-electron chi connectivity index (χ3n) is 16.9. The van der Waals surface area contributed by atoms with E-state index in [0.29, 0.717) is 129 Å². The van der Waals surface area contributed by atoms with Crippen LogP contribution in [0.25, 0.3) is 0 Å². The molecule has 74 heavy (non-hydrogen) atoms. The second-order valence-electron chi connectivity index (χ2n) is 23.0. The van der Waals surface area contributed by atoms with Gasteiger partial charge in [0, 0.05) is 0 Å². The number of ether oxygens (including phenoxy) is 16. The van der Waals surface area contributed by atoms with E-state index in [-0.39, 0.29) is 70.5 Å². The number of epoxide rings is 8. The summed E-state index contributed by atoms with van der Waals surface area (Å²) in [5.41, 5.74) is 3.42. The lowest BCUT2D eigenvalue weighted by Crippen LogP contribution is -2.67. The van der Waals surface area contributed by atoms with Gasteiger partial charge in [-0.15, -0.1) is 0 Å². The van der Waals surface area contributed by atoms with E-state index in [4.69, 9.17) is 75.8 Å². The van der Waals surface area contributed by atoms with Gasteiger partial charge >= 0.3 is 0 Å². The Morgan fingerprint density at radius 3 is 0.581 bits per heavy atom. The van der Waals surface area contributed by atoms with Crippen molar-refractivity contribution in [3.63, 3.8) is 0 Å². The SMILES string of the molecule is c1cc(OCC2CO2)c(OCC2CO2)cc1C12CC3(c4ccc(OCC5CO5)c(OCC5CO5)c4)CC(c4ccc(OCC5CO5)c(OCC5CO5)c4)(C1)CC(c1ccc(OCC4CO4)c(OCC4CO4)c1)(C2)C3. The lowest BCUT2D eigenvalue weighted by Gasteiger charge is -2.71. The second kappa shape index (κ2) is 18.3. The predicted molar refractivity (Wildman–Crippen MR) is 262 cm³/mol. The standard InChI is InChI=1S/C58H64O16/c1-5-47(67-21-39-13-59-39)51(71-25-43-17-63-43)9-35(1)55-29-56(36-2-6-48(68-22-40-14-60-40)52(10-36)72-26-44-18-64-44)32-57(30-55,37-3-7-49(69-23-41-15-61-41)53(11-37)73-27-45-19-65-45)34-58(31-55,33-56)38-4-8-50(70-24-42-16-62-42)54(12-38)74-28-46-20-66-46/h1-12,39-46H,13-34H2. The number of benzene rings is 4. The van der Waals surface area contributed by atoms with Crippen LogP contribution in [-0.4, -0.2) is 155 Å². The molecule has 0 spiro atoms. The van der Waals surface area contributed by atoms with Crippen LogP contribution in [0.5, 0.6) is 46.0 Å². The normalized spacial score (nSPS) is 35.6. The van der Waals surface area contributed by atoms with E-state index in [2.05, 4.69) is 72.8 Å². The van der Waals surface area contributed by atoms with Crippen LogP contribution in [0.4, 0.5) is 0 Å². The zero-order valence-electron chi connectivity index (χ0n) is 41.6. The van der Waals surface area contributed by atoms with E-state index in [9.17, 15) is 0 Å². The molecule has 8 aliphatic heterocycles. The monoisotopic (exact) mass is 1020 g/mol. The second-order valence-corrected chi connectivity index (χ2v) is 23.0. The van der Waals surface area contributed by atoms with Crippen LogP contribution in [-0.2, 0) is 59.6 Å². The number of hydrogen-bond donors (Lipinski definition) is 0. The molecule has 8 saturated heterocycles. The lowest BCUT2D eigenvalue weighted by molar-refractivity contribution is -0.0694. The Kier molecular flexibility index (Phi) is 11.5. The highest BCUT2D eigenvalue weighted by atomic mass is 16.6. The molecule has 4 aromatic rings. The summed E-state index contributed by atoms with van der Waals surface area (Å²) in [4.78, 5) is 0. The first-order valence-electron chi connectivity index (χ1n) is 26.9. The van der Waals surface area contributed by atoms with E-state index in [1.165, 1.54) is 22.3 Å². The van der Waals surface area contributed by atoms with Gasteiger partial charge in [-0.3, -0.25) is 0 Å². The van der Waals surface area contributed by atoms with Gasteiger partial charge in [0.1, 0.15) is 102 Å². The molecule has 8 atom stereocenters. The smallest absolute Gasteiger partial charge is 0.161 e. The van der Waals surface area contributed by atoms with E-state index >= 15 is 0 Å². The predicted octanol–water partition coefficient (Wildman–Crippen LogP) is 6.34. The van der Waals surface area contributed by atoms with Crippen molar-refractivity contribution in [1.82, 2.24) is 0 Å². The first-order chi connectivity index (χ1) is 36.3. The van der Waals surface area contributed by atoms with Gasteiger partial charge in [0.05, 0.1) is 52.9 Å². The third-order valence-corrected chi connectivity index (χ3v) is 16.9. The van der Waals surface area contributed by atoms with Gasteiger partial charge in [0.15, 0.2) is 46.0 Å². The van der Waals surface area contributed by atoms with Crippen molar-refractivity contribution in [1.29, 1.82) is 0 Å². The maximum absolute atomic E-state index is 6.68. The molecule has 4 aromatic carbocycles. The highest BCUT2D eigenvalue weighted by molar-refractivity contribution is 5.57. The maximum atomic E-state index is 6.68. The largest absolute Gasteiger partial charge is 0.487 e. The molecule has 0 radical (unpaired) electrons. The van der Waals surface area contributed by atoms with Crippen molar-refractivity contribution in [2.45, 2.75) is 109 Å². The Labute approximate surface area is 430 Å². The number of rotatable bonds is 28. The summed E-state index contributed by atoms with van der Waals surface area (Å²) >= 11 is 0. The summed E-state index contributed by atoms with van der Waals surface area (Å²) in [6.45, 7) is 9.25. The summed E-state index contributed by atoms with van der Waals surface area (Å²) < 4.78 is 97.5. The van der Waals surface area contributed by atoms with Crippen LogP contribution in [0.1, 0.15) is 60.8 Å². The molecule has 4 bridgehead atoms. The highest BCUT2D eigenvalue weighted by Crippen LogP contribution is 2.75. The minimum atomic E-state index is -0.370. The minimum Gasteiger partial charge on any atom is -0.487 e. The summed E-state index contributed by atoms with van der Waals surface area (Å²) in [5.74, 6) is 5.75. The van der Waals surface area contributed by atoms with Gasteiger partial charge in [-0.05, 0) is 131 Å². The molecule has 8 heterocycles. The first-order valence-corrected chi connectivity index (χ1v) is 26.9. The zero-order valence-corrected chi connectivity index (χ0v) is 41.6. The van der Waals surface area contributed by atoms with Crippen molar-refractivity contribution >= 4 is 0 Å². The minimum absolute atomic E-state index is 0.0672. The molecule has 0 aromatic heterocycles. The molecule has 12 fully saturated rings. The van der Waals surface area contributed by atoms with Crippen LogP contribution in [0.3, 0.4) is 0 Å². The van der Waals surface area contributed by atoms with Crippen LogP contribution < -0.4 is 37.9 Å². The highest BCUT2D eigenvalue weighted by Gasteiger charge is 2.70. The fraction of sp³-hybridized carbons (Fsp3) is 0.586. The van der Waals surface area contributed by atoms with Gasteiger partial charge in [-0.1, -0.05) is 24.3 Å². The van der Waals surface area contributed by atoms with E-state index in [1.54, 1.807) is 0 Å². The molecule has 4 saturated carbocycles. The van der Waals surface area contributed by atoms with Crippen molar-refractivity contribution < 1.29 is 75.8 Å². The molecule has 12 aliphatic rings. The summed E-state index contributed by atoms with van der Waals surface area (Å²) in [5, 5.41) is 0. The van der Waals surface area contributed by atoms with Gasteiger partial charge < -0.3 is 75.8 Å². The average Bonchev–Trinajstić information content (AvgIpc) is 4.24. The quantitative estimate of drug-likeness (QED) is 0.0576. The van der Waals surface area contributed by atoms with E-state index in [1.807, 2.05) is 0 Å². The Hall–Kier alpha value is -5.04. The Bertz CT molecular complexity index is 2330. The van der Waals surface area contributed by atoms with Gasteiger partial charge in [-0.2, -0.15) is 0 Å². The molecule has 16 rings (SSSR count). The zero-order chi connectivity index (χ0) is 48.9. The molecule has 8 unspecified atom stereocenters. The van der Waals surface area contributed by atoms with Gasteiger partial charge in [0.25, 0.3) is 0 Å². The van der Waals surface area contributed by atoms with Crippen LogP contribution >= 0.6 is 0 Å². The topological polar surface area (TPSA) is 174 Å². The Balaban J connectivity index is 0.898. The molecular weight excluding hydrogens is 953 g/mol. The molecule has 4 aliphatic carbocycles. The van der Waals surface area contributed by atoms with Crippen molar-refractivity contribution in [3.05, 3.63) is 95.1 Å². The molecule has 392 valence electrons. The van der Waals surface area contributed by atoms with Crippen LogP contribution in [0, 0.1) is 0 Å². The summed E-state index contributed by atoms with van der Waals surface area (Å²) in [6, 6.07) is 26.8. The molecule has 0 N–H and O–H groups in total. The summed E-state index contributed by atoms with van der Waals surface area (Å²) in [7, 11) is 0. The first kappa shape index (κ1) is 46.3. The Morgan fingerprint density at radius 2 is 0.419 bits per heavy atom. The maximum Gasteiger partial charge on any atom is 0.161 e. The summed E-state index contributed by atoms with van der Waals surface area (Å²) in [6.07, 6.45) is 5.99. The van der Waals surface area contributed by atoms with Crippen LogP contribution in [0.2, 0.25) is 0 Å². The van der Waals surface area contributed by atoms with E-state index in [0.717, 1.165) is 61.5 Å². The molecule has 16 nitrogen and oxygen atoms in total. The van der Waals surface area contributed by atoms with Crippen molar-refractivity contribution in [2.75, 3.05) is 106 Å². The third kappa shape index (κ3) is 9.97. The van der Waals surface area contributed by atoms with Crippen molar-refractivity contribution in [3.8, 4) is 46.0 Å². The van der Waals surface area contributed by atoms with Crippen molar-refractivity contribution in [2.24, 2.45) is 0 Å². The van der Waals surface area contributed by atoms with E-state index < -0.39 is 0 Å². The average molecular weight is 1020 g/mol. The lowest BCUT2D eigenvalue weighted by atomic mass is 9.32. The van der Waals surface area contributed by atoms with Gasteiger partial charge in [0.2, 0.25) is 0 Å². The van der Waals surface area contributed by atoms with Gasteiger partial charge in [-0.25, -0.2) is 0 Å². The fourth-order valence-corrected chi connectivity index (χ4v) is 12.9. The number of hydrogen-bond acceptors (Lipinski definition) is 16. The fourth-order valence-electron chi connectivity index (χ4n) is 12.9. The molecule has 16 heteroatoms. The van der Waals surface area contributed by atoms with Crippen LogP contribution in [0.15, 0.2) is 72.8 Å². The molecule has 0 amide bonds. The molecular formula is C58H64O16.